The Bertz CT molecular complexity index is 577. The number of hydrogen-bond donors (Lipinski definition) is 1. The molecule has 1 atom stereocenters. The highest BCUT2D eigenvalue weighted by Gasteiger charge is 2.30. The fourth-order valence-corrected chi connectivity index (χ4v) is 2.67. The average Bonchev–Trinajstić information content (AvgIpc) is 3.10. The number of nitrogens with zero attached hydrogens (tertiary/aromatic N) is 2. The molecule has 5 heteroatoms. The van der Waals surface area contributed by atoms with Gasteiger partial charge in [-0.1, -0.05) is 15.9 Å². The molecule has 1 aliphatic rings. The molecule has 1 unspecified atom stereocenters. The predicted octanol–water partition coefficient (Wildman–Crippen LogP) is 2.78. The highest BCUT2D eigenvalue weighted by atomic mass is 79.9. The second-order valence-corrected chi connectivity index (χ2v) is 5.68. The summed E-state index contributed by atoms with van der Waals surface area (Å²) in [5.41, 5.74) is 8.32. The van der Waals surface area contributed by atoms with Crippen molar-refractivity contribution >= 4 is 27.0 Å². The molecule has 0 bridgehead atoms. The third-order valence-electron chi connectivity index (χ3n) is 3.27. The van der Waals surface area contributed by atoms with Crippen molar-refractivity contribution in [2.24, 2.45) is 5.73 Å². The molecule has 0 spiro atoms. The molecule has 1 heterocycles. The highest BCUT2D eigenvalue weighted by Crippen LogP contribution is 2.40. The second-order valence-electron chi connectivity index (χ2n) is 4.77. The van der Waals surface area contributed by atoms with Gasteiger partial charge in [-0.05, 0) is 31.0 Å². The van der Waals surface area contributed by atoms with E-state index >= 15 is 0 Å². The molecule has 2 N–H and O–H groups in total. The number of rotatable bonds is 4. The smallest absolute Gasteiger partial charge is 0.129 e. The van der Waals surface area contributed by atoms with Crippen molar-refractivity contribution in [3.63, 3.8) is 0 Å². The molecule has 0 aliphatic heterocycles. The molecule has 0 amide bonds. The van der Waals surface area contributed by atoms with Gasteiger partial charge in [-0.25, -0.2) is 4.98 Å². The van der Waals surface area contributed by atoms with Gasteiger partial charge in [0.25, 0.3) is 0 Å². The standard InChI is InChI=1S/C13H16BrN3O/c1-18-7-10(15)13-16-11-6-8(14)2-5-12(11)17(13)9-3-4-9/h2,5-6,9-10H,3-4,7,15H2,1H3. The summed E-state index contributed by atoms with van der Waals surface area (Å²) in [6, 6.07) is 6.59. The number of halogens is 1. The molecule has 18 heavy (non-hydrogen) atoms. The maximum Gasteiger partial charge on any atom is 0.129 e. The minimum atomic E-state index is -0.165. The first-order valence-corrected chi connectivity index (χ1v) is 6.92. The van der Waals surface area contributed by atoms with Gasteiger partial charge >= 0.3 is 0 Å². The fraction of sp³-hybridized carbons (Fsp3) is 0.462. The summed E-state index contributed by atoms with van der Waals surface area (Å²) in [7, 11) is 1.67. The number of methoxy groups -OCH3 is 1. The Kier molecular flexibility index (Phi) is 3.13. The lowest BCUT2D eigenvalue weighted by molar-refractivity contribution is 0.177. The van der Waals surface area contributed by atoms with Crippen molar-refractivity contribution in [2.45, 2.75) is 24.9 Å². The highest BCUT2D eigenvalue weighted by molar-refractivity contribution is 9.10. The van der Waals surface area contributed by atoms with Crippen LogP contribution < -0.4 is 5.73 Å². The third-order valence-corrected chi connectivity index (χ3v) is 3.76. The molecule has 0 saturated heterocycles. The van der Waals surface area contributed by atoms with Crippen LogP contribution in [0.25, 0.3) is 11.0 Å². The minimum absolute atomic E-state index is 0.165. The maximum absolute atomic E-state index is 6.15. The molecule has 1 aromatic carbocycles. The van der Waals surface area contributed by atoms with Gasteiger partial charge in [-0.2, -0.15) is 0 Å². The summed E-state index contributed by atoms with van der Waals surface area (Å²) in [5, 5.41) is 0. The second kappa shape index (κ2) is 4.64. The van der Waals surface area contributed by atoms with Crippen LogP contribution >= 0.6 is 15.9 Å². The summed E-state index contributed by atoms with van der Waals surface area (Å²) < 4.78 is 8.47. The predicted molar refractivity (Wildman–Crippen MR) is 74.5 cm³/mol. The van der Waals surface area contributed by atoms with Crippen LogP contribution in [0.1, 0.15) is 30.7 Å². The molecule has 1 aliphatic carbocycles. The van der Waals surface area contributed by atoms with Crippen LogP contribution in [0, 0.1) is 0 Å². The Morgan fingerprint density at radius 1 is 1.56 bits per heavy atom. The van der Waals surface area contributed by atoms with Crippen LogP contribution in [0.2, 0.25) is 0 Å². The van der Waals surface area contributed by atoms with Crippen LogP contribution in [0.4, 0.5) is 0 Å². The zero-order chi connectivity index (χ0) is 12.7. The van der Waals surface area contributed by atoms with Crippen LogP contribution in [-0.4, -0.2) is 23.3 Å². The van der Waals surface area contributed by atoms with Crippen molar-refractivity contribution in [1.29, 1.82) is 0 Å². The number of fused-ring (bicyclic) bond motifs is 1. The molecule has 2 aromatic rings. The Hall–Kier alpha value is -0.910. The lowest BCUT2D eigenvalue weighted by Gasteiger charge is -2.13. The van der Waals surface area contributed by atoms with E-state index in [4.69, 9.17) is 10.5 Å². The topological polar surface area (TPSA) is 53.1 Å². The average molecular weight is 310 g/mol. The molecule has 1 saturated carbocycles. The number of ether oxygens (including phenoxy) is 1. The molecule has 96 valence electrons. The van der Waals surface area contributed by atoms with E-state index < -0.39 is 0 Å². The number of aromatic nitrogens is 2. The van der Waals surface area contributed by atoms with E-state index in [0.717, 1.165) is 15.8 Å². The lowest BCUT2D eigenvalue weighted by atomic mass is 10.3. The summed E-state index contributed by atoms with van der Waals surface area (Å²) in [5.74, 6) is 0.937. The van der Waals surface area contributed by atoms with E-state index in [1.165, 1.54) is 18.4 Å². The van der Waals surface area contributed by atoms with Gasteiger partial charge < -0.3 is 15.0 Å². The number of nitrogens with two attached hydrogens (primary N) is 1. The summed E-state index contributed by atoms with van der Waals surface area (Å²) in [4.78, 5) is 4.68. The zero-order valence-corrected chi connectivity index (χ0v) is 11.9. The molecule has 3 rings (SSSR count). The summed E-state index contributed by atoms with van der Waals surface area (Å²) in [6.45, 7) is 0.497. The minimum Gasteiger partial charge on any atom is -0.383 e. The van der Waals surface area contributed by atoms with E-state index in [2.05, 4.69) is 37.6 Å². The molecule has 1 fully saturated rings. The van der Waals surface area contributed by atoms with Gasteiger partial charge in [-0.3, -0.25) is 0 Å². The SMILES string of the molecule is COCC(N)c1nc2cc(Br)ccc2n1C1CC1. The first-order valence-electron chi connectivity index (χ1n) is 6.12. The van der Waals surface area contributed by atoms with E-state index in [1.54, 1.807) is 7.11 Å². The maximum atomic E-state index is 6.15. The first-order chi connectivity index (χ1) is 8.70. The van der Waals surface area contributed by atoms with Gasteiger partial charge in [0, 0.05) is 17.6 Å². The summed E-state index contributed by atoms with van der Waals surface area (Å²) in [6.07, 6.45) is 2.43. The monoisotopic (exact) mass is 309 g/mol. The fourth-order valence-electron chi connectivity index (χ4n) is 2.32. The molecule has 0 radical (unpaired) electrons. The van der Waals surface area contributed by atoms with Crippen molar-refractivity contribution < 1.29 is 4.74 Å². The Labute approximate surface area is 114 Å². The third kappa shape index (κ3) is 2.06. The van der Waals surface area contributed by atoms with Crippen LogP contribution in [0.5, 0.6) is 0 Å². The molecule has 1 aromatic heterocycles. The molecular weight excluding hydrogens is 294 g/mol. The van der Waals surface area contributed by atoms with E-state index in [-0.39, 0.29) is 6.04 Å². The van der Waals surface area contributed by atoms with Crippen molar-refractivity contribution in [2.75, 3.05) is 13.7 Å². The molecular formula is C13H16BrN3O. The first kappa shape index (κ1) is 12.1. The number of hydrogen-bond acceptors (Lipinski definition) is 3. The van der Waals surface area contributed by atoms with Crippen molar-refractivity contribution in [1.82, 2.24) is 9.55 Å². The Morgan fingerprint density at radius 3 is 3.00 bits per heavy atom. The van der Waals surface area contributed by atoms with E-state index in [9.17, 15) is 0 Å². The van der Waals surface area contributed by atoms with Gasteiger partial charge in [-0.15, -0.1) is 0 Å². The van der Waals surface area contributed by atoms with Gasteiger partial charge in [0.15, 0.2) is 0 Å². The van der Waals surface area contributed by atoms with Gasteiger partial charge in [0.05, 0.1) is 23.7 Å². The summed E-state index contributed by atoms with van der Waals surface area (Å²) >= 11 is 3.48. The number of benzene rings is 1. The van der Waals surface area contributed by atoms with Crippen molar-refractivity contribution in [3.8, 4) is 0 Å². The Balaban J connectivity index is 2.14. The quantitative estimate of drug-likeness (QED) is 0.945. The van der Waals surface area contributed by atoms with Gasteiger partial charge in [0.2, 0.25) is 0 Å². The van der Waals surface area contributed by atoms with Crippen LogP contribution in [-0.2, 0) is 4.74 Å². The lowest BCUT2D eigenvalue weighted by Crippen LogP contribution is -2.20. The van der Waals surface area contributed by atoms with Crippen LogP contribution in [0.3, 0.4) is 0 Å². The largest absolute Gasteiger partial charge is 0.383 e. The van der Waals surface area contributed by atoms with Crippen LogP contribution in [0.15, 0.2) is 22.7 Å². The zero-order valence-electron chi connectivity index (χ0n) is 10.3. The van der Waals surface area contributed by atoms with Gasteiger partial charge in [0.1, 0.15) is 5.82 Å². The Morgan fingerprint density at radius 2 is 2.33 bits per heavy atom. The normalized spacial score (nSPS) is 17.3. The molecule has 4 nitrogen and oxygen atoms in total. The number of imidazole rings is 1. The van der Waals surface area contributed by atoms with E-state index in [0.29, 0.717) is 12.6 Å². The van der Waals surface area contributed by atoms with Crippen molar-refractivity contribution in [3.05, 3.63) is 28.5 Å². The van der Waals surface area contributed by atoms with E-state index in [1.807, 2.05) is 6.07 Å².